The van der Waals surface area contributed by atoms with E-state index >= 15 is 0 Å². The minimum absolute atomic E-state index is 0.0399. The summed E-state index contributed by atoms with van der Waals surface area (Å²) in [5, 5.41) is 3.40. The highest BCUT2D eigenvalue weighted by Crippen LogP contribution is 2.24. The first kappa shape index (κ1) is 20.1. The lowest BCUT2D eigenvalue weighted by Crippen LogP contribution is -2.20. The zero-order valence-electron chi connectivity index (χ0n) is 16.8. The molecule has 1 amide bonds. The van der Waals surface area contributed by atoms with E-state index in [9.17, 15) is 4.79 Å². The van der Waals surface area contributed by atoms with Crippen LogP contribution in [0, 0.1) is 6.92 Å². The summed E-state index contributed by atoms with van der Waals surface area (Å²) in [4.78, 5) is 17.6. The lowest BCUT2D eigenvalue weighted by atomic mass is 9.87. The van der Waals surface area contributed by atoms with Gasteiger partial charge in [-0.05, 0) is 35.6 Å². The Morgan fingerprint density at radius 2 is 1.75 bits per heavy atom. The van der Waals surface area contributed by atoms with Crippen LogP contribution in [0.5, 0.6) is 5.75 Å². The van der Waals surface area contributed by atoms with E-state index in [1.165, 1.54) is 28.0 Å². The minimum atomic E-state index is -0.212. The van der Waals surface area contributed by atoms with Crippen LogP contribution in [0.1, 0.15) is 42.3 Å². The lowest BCUT2D eigenvalue weighted by molar-refractivity contribution is -0.118. The molecule has 3 aromatic rings. The Bertz CT molecular complexity index is 922. The highest BCUT2D eigenvalue weighted by molar-refractivity contribution is 7.15. The van der Waals surface area contributed by atoms with E-state index in [1.807, 2.05) is 30.5 Å². The molecule has 0 fully saturated rings. The third-order valence-electron chi connectivity index (χ3n) is 4.39. The number of carbonyl (C=O) groups excluding carboxylic acids is 1. The van der Waals surface area contributed by atoms with Gasteiger partial charge in [-0.15, -0.1) is 11.3 Å². The SMILES string of the molecule is Cc1ccc(Cc2cnc(NC(=O)COc3ccc(C(C)(C)C)cc3)s2)cc1. The van der Waals surface area contributed by atoms with Crippen molar-refractivity contribution in [2.75, 3.05) is 11.9 Å². The van der Waals surface area contributed by atoms with E-state index in [-0.39, 0.29) is 17.9 Å². The van der Waals surface area contributed by atoms with Crippen LogP contribution in [-0.2, 0) is 16.6 Å². The molecule has 0 saturated carbocycles. The van der Waals surface area contributed by atoms with Crippen LogP contribution in [0.25, 0.3) is 0 Å². The van der Waals surface area contributed by atoms with Crippen LogP contribution in [0.3, 0.4) is 0 Å². The standard InChI is InChI=1S/C23H26N2O2S/c1-16-5-7-17(8-6-16)13-20-14-24-22(28-20)25-21(26)15-27-19-11-9-18(10-12-19)23(2,3)4/h5-12,14H,13,15H2,1-4H3,(H,24,25,26). The van der Waals surface area contributed by atoms with Crippen LogP contribution in [0.2, 0.25) is 0 Å². The van der Waals surface area contributed by atoms with Crippen molar-refractivity contribution < 1.29 is 9.53 Å². The fourth-order valence-electron chi connectivity index (χ4n) is 2.71. The Hall–Kier alpha value is -2.66. The molecule has 0 unspecified atom stereocenters. The number of rotatable bonds is 6. The number of aryl methyl sites for hydroxylation is 1. The van der Waals surface area contributed by atoms with Crippen LogP contribution in [0.4, 0.5) is 5.13 Å². The maximum atomic E-state index is 12.1. The molecule has 28 heavy (non-hydrogen) atoms. The van der Waals surface area contributed by atoms with E-state index in [1.54, 1.807) is 0 Å². The summed E-state index contributed by atoms with van der Waals surface area (Å²) in [6.07, 6.45) is 2.62. The highest BCUT2D eigenvalue weighted by Gasteiger charge is 2.13. The number of thiazole rings is 1. The van der Waals surface area contributed by atoms with Gasteiger partial charge in [0.15, 0.2) is 11.7 Å². The fraction of sp³-hybridized carbons (Fsp3) is 0.304. The number of nitrogens with zero attached hydrogens (tertiary/aromatic N) is 1. The fourth-order valence-corrected chi connectivity index (χ4v) is 3.57. The first-order valence-electron chi connectivity index (χ1n) is 9.33. The number of amides is 1. The predicted molar refractivity (Wildman–Crippen MR) is 115 cm³/mol. The Morgan fingerprint density at radius 1 is 1.07 bits per heavy atom. The maximum Gasteiger partial charge on any atom is 0.264 e. The van der Waals surface area contributed by atoms with Crippen molar-refractivity contribution in [3.05, 3.63) is 76.3 Å². The summed E-state index contributed by atoms with van der Waals surface area (Å²) in [5.74, 6) is 0.471. The molecule has 146 valence electrons. The van der Waals surface area contributed by atoms with Gasteiger partial charge in [0.05, 0.1) is 0 Å². The van der Waals surface area contributed by atoms with Crippen LogP contribution < -0.4 is 10.1 Å². The van der Waals surface area contributed by atoms with Crippen molar-refractivity contribution in [2.45, 2.75) is 39.5 Å². The van der Waals surface area contributed by atoms with Crippen LogP contribution >= 0.6 is 11.3 Å². The van der Waals surface area contributed by atoms with E-state index in [2.05, 4.69) is 62.3 Å². The summed E-state index contributed by atoms with van der Waals surface area (Å²) >= 11 is 1.49. The Morgan fingerprint density at radius 3 is 2.39 bits per heavy atom. The third-order valence-corrected chi connectivity index (χ3v) is 5.30. The third kappa shape index (κ3) is 5.67. The molecule has 3 rings (SSSR count). The van der Waals surface area contributed by atoms with Gasteiger partial charge in [-0.3, -0.25) is 10.1 Å². The Labute approximate surface area is 170 Å². The number of nitrogens with one attached hydrogen (secondary N) is 1. The van der Waals surface area contributed by atoms with Crippen molar-refractivity contribution >= 4 is 22.4 Å². The molecular weight excluding hydrogens is 368 g/mol. The summed E-state index contributed by atoms with van der Waals surface area (Å²) < 4.78 is 5.59. The van der Waals surface area contributed by atoms with Gasteiger partial charge in [0.2, 0.25) is 0 Å². The summed E-state index contributed by atoms with van der Waals surface area (Å²) in [6.45, 7) is 8.53. The first-order valence-corrected chi connectivity index (χ1v) is 10.1. The number of hydrogen-bond donors (Lipinski definition) is 1. The van der Waals surface area contributed by atoms with Gasteiger partial charge in [-0.2, -0.15) is 0 Å². The molecular formula is C23H26N2O2S. The molecule has 0 bridgehead atoms. The topological polar surface area (TPSA) is 51.2 Å². The van der Waals surface area contributed by atoms with Gasteiger partial charge in [-0.1, -0.05) is 62.7 Å². The molecule has 0 atom stereocenters. The summed E-state index contributed by atoms with van der Waals surface area (Å²) in [7, 11) is 0. The Balaban J connectivity index is 1.50. The van der Waals surface area contributed by atoms with Gasteiger partial charge in [0.25, 0.3) is 5.91 Å². The zero-order chi connectivity index (χ0) is 20.1. The van der Waals surface area contributed by atoms with Gasteiger partial charge in [0.1, 0.15) is 5.75 Å². The van der Waals surface area contributed by atoms with Gasteiger partial charge < -0.3 is 4.74 Å². The highest BCUT2D eigenvalue weighted by atomic mass is 32.1. The molecule has 5 heteroatoms. The number of hydrogen-bond acceptors (Lipinski definition) is 4. The maximum absolute atomic E-state index is 12.1. The second kappa shape index (κ2) is 8.57. The molecule has 0 aliphatic carbocycles. The number of aromatic nitrogens is 1. The second-order valence-electron chi connectivity index (χ2n) is 7.91. The second-order valence-corrected chi connectivity index (χ2v) is 9.02. The molecule has 0 aliphatic heterocycles. The van der Waals surface area contributed by atoms with Crippen LogP contribution in [-0.4, -0.2) is 17.5 Å². The average molecular weight is 395 g/mol. The minimum Gasteiger partial charge on any atom is -0.484 e. The number of anilines is 1. The average Bonchev–Trinajstić information content (AvgIpc) is 3.08. The molecule has 0 spiro atoms. The Kier molecular flexibility index (Phi) is 6.15. The van der Waals surface area contributed by atoms with E-state index < -0.39 is 0 Å². The largest absolute Gasteiger partial charge is 0.484 e. The van der Waals surface area contributed by atoms with Crippen molar-refractivity contribution in [1.29, 1.82) is 0 Å². The van der Waals surface area contributed by atoms with Crippen molar-refractivity contribution in [3.8, 4) is 5.75 Å². The van der Waals surface area contributed by atoms with E-state index in [4.69, 9.17) is 4.74 Å². The predicted octanol–water partition coefficient (Wildman–Crippen LogP) is 5.36. The van der Waals surface area contributed by atoms with Crippen molar-refractivity contribution in [2.24, 2.45) is 0 Å². The van der Waals surface area contributed by atoms with E-state index in [0.717, 1.165) is 11.3 Å². The molecule has 4 nitrogen and oxygen atoms in total. The van der Waals surface area contributed by atoms with Gasteiger partial charge in [0, 0.05) is 17.5 Å². The van der Waals surface area contributed by atoms with Gasteiger partial charge >= 0.3 is 0 Å². The number of benzene rings is 2. The molecule has 2 aromatic carbocycles. The number of ether oxygens (including phenoxy) is 1. The molecule has 0 radical (unpaired) electrons. The molecule has 1 N–H and O–H groups in total. The first-order chi connectivity index (χ1) is 13.3. The van der Waals surface area contributed by atoms with Gasteiger partial charge in [-0.25, -0.2) is 4.98 Å². The molecule has 0 aliphatic rings. The van der Waals surface area contributed by atoms with Crippen LogP contribution in [0.15, 0.2) is 54.7 Å². The monoisotopic (exact) mass is 394 g/mol. The normalized spacial score (nSPS) is 11.3. The van der Waals surface area contributed by atoms with Crippen molar-refractivity contribution in [1.82, 2.24) is 4.98 Å². The number of carbonyl (C=O) groups is 1. The molecule has 1 heterocycles. The van der Waals surface area contributed by atoms with E-state index in [0.29, 0.717) is 10.9 Å². The lowest BCUT2D eigenvalue weighted by Gasteiger charge is -2.19. The molecule has 0 saturated heterocycles. The summed E-state index contributed by atoms with van der Waals surface area (Å²) in [5.41, 5.74) is 3.80. The summed E-state index contributed by atoms with van der Waals surface area (Å²) in [6, 6.07) is 16.3. The van der Waals surface area contributed by atoms with Crippen molar-refractivity contribution in [3.63, 3.8) is 0 Å². The molecule has 1 aromatic heterocycles. The zero-order valence-corrected chi connectivity index (χ0v) is 17.6. The quantitative estimate of drug-likeness (QED) is 0.612. The smallest absolute Gasteiger partial charge is 0.264 e.